The van der Waals surface area contributed by atoms with Crippen LogP contribution in [0.1, 0.15) is 58.8 Å². The van der Waals surface area contributed by atoms with E-state index in [1.807, 2.05) is 14.2 Å². The van der Waals surface area contributed by atoms with Crippen LogP contribution in [-0.2, 0) is 8.85 Å². The Balaban J connectivity index is 3.67. The van der Waals surface area contributed by atoms with Crippen molar-refractivity contribution < 1.29 is 8.85 Å². The normalized spacial score (nSPS) is 12.0. The zero-order valence-corrected chi connectivity index (χ0v) is 12.7. The Labute approximate surface area is 103 Å². The maximum atomic E-state index is 5.67. The second-order valence-corrected chi connectivity index (χ2v) is 8.22. The van der Waals surface area contributed by atoms with Gasteiger partial charge in [-0.05, 0) is 12.1 Å². The lowest BCUT2D eigenvalue weighted by Gasteiger charge is -2.27. The molecule has 0 heterocycles. The second-order valence-electron chi connectivity index (χ2n) is 4.59. The average Bonchev–Trinajstić information content (AvgIpc) is 2.32. The first-order chi connectivity index (χ1) is 7.74. The number of unbranched alkanes of at least 4 members (excludes halogenated alkanes) is 5. The van der Waals surface area contributed by atoms with Gasteiger partial charge >= 0.3 is 8.56 Å². The Morgan fingerprint density at radius 3 is 1.75 bits per heavy atom. The predicted octanol–water partition coefficient (Wildman–Crippen LogP) is 4.49. The van der Waals surface area contributed by atoms with Crippen molar-refractivity contribution in [3.63, 3.8) is 0 Å². The molecular weight excluding hydrogens is 216 g/mol. The summed E-state index contributed by atoms with van der Waals surface area (Å²) in [6.07, 6.45) is 9.25. The molecule has 0 radical (unpaired) electrons. The van der Waals surface area contributed by atoms with Gasteiger partial charge in [-0.25, -0.2) is 0 Å². The number of hydrogen-bond acceptors (Lipinski definition) is 2. The molecule has 0 aromatic rings. The fourth-order valence-corrected chi connectivity index (χ4v) is 4.96. The Morgan fingerprint density at radius 1 is 0.688 bits per heavy atom. The van der Waals surface area contributed by atoms with E-state index < -0.39 is 8.56 Å². The fourth-order valence-electron chi connectivity index (χ4n) is 2.17. The molecule has 0 N–H and O–H groups in total. The van der Waals surface area contributed by atoms with Crippen molar-refractivity contribution in [3.05, 3.63) is 0 Å². The quantitative estimate of drug-likeness (QED) is 0.395. The molecule has 0 saturated heterocycles. The van der Waals surface area contributed by atoms with E-state index in [2.05, 4.69) is 13.8 Å². The van der Waals surface area contributed by atoms with E-state index in [1.165, 1.54) is 51.0 Å². The van der Waals surface area contributed by atoms with Crippen LogP contribution in [0.2, 0.25) is 12.1 Å². The minimum Gasteiger partial charge on any atom is -0.398 e. The monoisotopic (exact) mass is 246 g/mol. The third-order valence-electron chi connectivity index (χ3n) is 3.29. The van der Waals surface area contributed by atoms with Gasteiger partial charge in [-0.15, -0.1) is 0 Å². The van der Waals surface area contributed by atoms with Gasteiger partial charge in [0.1, 0.15) is 0 Å². The average molecular weight is 246 g/mol. The lowest BCUT2D eigenvalue weighted by Crippen LogP contribution is -2.39. The van der Waals surface area contributed by atoms with Gasteiger partial charge in [0.25, 0.3) is 0 Å². The van der Waals surface area contributed by atoms with Crippen LogP contribution in [0.5, 0.6) is 0 Å². The summed E-state index contributed by atoms with van der Waals surface area (Å²) >= 11 is 0. The van der Waals surface area contributed by atoms with E-state index in [0.717, 1.165) is 6.04 Å². The fraction of sp³-hybridized carbons (Fsp3) is 1.00. The maximum absolute atomic E-state index is 5.67. The predicted molar refractivity (Wildman–Crippen MR) is 73.1 cm³/mol. The summed E-state index contributed by atoms with van der Waals surface area (Å²) in [5.74, 6) is 0. The molecule has 0 aromatic carbocycles. The number of hydrogen-bond donors (Lipinski definition) is 0. The van der Waals surface area contributed by atoms with Crippen LogP contribution in [0.15, 0.2) is 0 Å². The molecule has 16 heavy (non-hydrogen) atoms. The zero-order chi connectivity index (χ0) is 12.3. The van der Waals surface area contributed by atoms with Crippen molar-refractivity contribution in [2.45, 2.75) is 70.9 Å². The SMILES string of the molecule is CCCCCCCC[Si](CCC)(OC)OC. The largest absolute Gasteiger partial charge is 0.398 e. The van der Waals surface area contributed by atoms with E-state index in [1.54, 1.807) is 0 Å². The molecule has 0 aliphatic rings. The van der Waals surface area contributed by atoms with Crippen molar-refractivity contribution in [2.75, 3.05) is 14.2 Å². The summed E-state index contributed by atoms with van der Waals surface area (Å²) in [7, 11) is 1.83. The first kappa shape index (κ1) is 16.1. The zero-order valence-electron chi connectivity index (χ0n) is 11.7. The van der Waals surface area contributed by atoms with Gasteiger partial charge in [-0.2, -0.15) is 0 Å². The first-order valence-corrected chi connectivity index (χ1v) is 9.08. The molecule has 0 amide bonds. The van der Waals surface area contributed by atoms with Crippen LogP contribution in [-0.4, -0.2) is 22.8 Å². The third kappa shape index (κ3) is 6.66. The molecule has 0 aliphatic carbocycles. The standard InChI is InChI=1S/C13H30O2Si/c1-5-7-8-9-10-11-13-16(14-3,15-4)12-6-2/h5-13H2,1-4H3. The molecule has 0 unspecified atom stereocenters. The van der Waals surface area contributed by atoms with Gasteiger partial charge in [0, 0.05) is 14.2 Å². The van der Waals surface area contributed by atoms with Crippen molar-refractivity contribution in [1.82, 2.24) is 0 Å². The lowest BCUT2D eigenvalue weighted by atomic mass is 10.1. The summed E-state index contributed by atoms with van der Waals surface area (Å²) in [5, 5.41) is 0. The van der Waals surface area contributed by atoms with Gasteiger partial charge in [0.05, 0.1) is 0 Å². The molecule has 0 aliphatic heterocycles. The van der Waals surface area contributed by atoms with Crippen LogP contribution in [0.25, 0.3) is 0 Å². The Morgan fingerprint density at radius 2 is 1.25 bits per heavy atom. The van der Waals surface area contributed by atoms with Crippen LogP contribution in [0, 0.1) is 0 Å². The highest BCUT2D eigenvalue weighted by Crippen LogP contribution is 2.23. The highest BCUT2D eigenvalue weighted by molar-refractivity contribution is 6.67. The molecule has 2 nitrogen and oxygen atoms in total. The Bertz CT molecular complexity index is 147. The molecule has 0 saturated carbocycles. The van der Waals surface area contributed by atoms with Crippen LogP contribution in [0.3, 0.4) is 0 Å². The van der Waals surface area contributed by atoms with E-state index >= 15 is 0 Å². The van der Waals surface area contributed by atoms with E-state index in [-0.39, 0.29) is 0 Å². The summed E-state index contributed by atoms with van der Waals surface area (Å²) in [6, 6.07) is 2.30. The Hall–Kier alpha value is 0.137. The topological polar surface area (TPSA) is 18.5 Å². The summed E-state index contributed by atoms with van der Waals surface area (Å²) in [4.78, 5) is 0. The smallest absolute Gasteiger partial charge is 0.337 e. The van der Waals surface area contributed by atoms with E-state index in [9.17, 15) is 0 Å². The molecule has 98 valence electrons. The van der Waals surface area contributed by atoms with E-state index in [0.29, 0.717) is 0 Å². The van der Waals surface area contributed by atoms with Crippen molar-refractivity contribution in [3.8, 4) is 0 Å². The van der Waals surface area contributed by atoms with Gasteiger partial charge in [-0.3, -0.25) is 0 Å². The van der Waals surface area contributed by atoms with Crippen LogP contribution < -0.4 is 0 Å². The molecule has 0 atom stereocenters. The minimum atomic E-state index is -1.81. The van der Waals surface area contributed by atoms with Gasteiger partial charge in [0.15, 0.2) is 0 Å². The van der Waals surface area contributed by atoms with Gasteiger partial charge in [-0.1, -0.05) is 58.8 Å². The van der Waals surface area contributed by atoms with Crippen LogP contribution in [0.4, 0.5) is 0 Å². The summed E-state index contributed by atoms with van der Waals surface area (Å²) in [5.41, 5.74) is 0. The lowest BCUT2D eigenvalue weighted by molar-refractivity contribution is 0.239. The first-order valence-electron chi connectivity index (χ1n) is 6.85. The molecule has 0 spiro atoms. The molecule has 0 rings (SSSR count). The van der Waals surface area contributed by atoms with E-state index in [4.69, 9.17) is 8.85 Å². The second kappa shape index (κ2) is 10.3. The minimum absolute atomic E-state index is 1.13. The van der Waals surface area contributed by atoms with Crippen molar-refractivity contribution >= 4 is 8.56 Å². The summed E-state index contributed by atoms with van der Waals surface area (Å²) in [6.45, 7) is 4.47. The van der Waals surface area contributed by atoms with Gasteiger partial charge < -0.3 is 8.85 Å². The highest BCUT2D eigenvalue weighted by Gasteiger charge is 2.33. The Kier molecular flexibility index (Phi) is 10.4. The molecular formula is C13H30O2Si. The molecule has 0 bridgehead atoms. The van der Waals surface area contributed by atoms with Crippen molar-refractivity contribution in [2.24, 2.45) is 0 Å². The van der Waals surface area contributed by atoms with Crippen LogP contribution >= 0.6 is 0 Å². The number of rotatable bonds is 11. The van der Waals surface area contributed by atoms with Crippen molar-refractivity contribution in [1.29, 1.82) is 0 Å². The third-order valence-corrected chi connectivity index (χ3v) is 7.15. The molecule has 0 fully saturated rings. The van der Waals surface area contributed by atoms with Gasteiger partial charge in [0.2, 0.25) is 0 Å². The summed E-state index contributed by atoms with van der Waals surface area (Å²) < 4.78 is 11.3. The molecule has 3 heteroatoms. The highest BCUT2D eigenvalue weighted by atomic mass is 28.4. The maximum Gasteiger partial charge on any atom is 0.337 e. The molecule has 0 aromatic heterocycles.